The molecule has 0 N–H and O–H groups in total. The molecule has 0 atom stereocenters. The standard InChI is InChI=1S/C17H15FN4S/c1-2-21-14-5-3-4-6-15(14)22-16(21)19-20-17(22)23-11-12-7-9-13(18)10-8-12/h3-10H,2,11H2,1H3. The zero-order valence-electron chi connectivity index (χ0n) is 12.6. The van der Waals surface area contributed by atoms with Gasteiger partial charge in [-0.3, -0.25) is 4.40 Å². The van der Waals surface area contributed by atoms with Gasteiger partial charge in [0.25, 0.3) is 0 Å². The van der Waals surface area contributed by atoms with Crippen molar-refractivity contribution in [1.82, 2.24) is 19.2 Å². The largest absolute Gasteiger partial charge is 0.309 e. The van der Waals surface area contributed by atoms with Gasteiger partial charge in [0.05, 0.1) is 11.0 Å². The highest BCUT2D eigenvalue weighted by molar-refractivity contribution is 7.98. The molecule has 23 heavy (non-hydrogen) atoms. The number of para-hydroxylation sites is 2. The lowest BCUT2D eigenvalue weighted by Gasteiger charge is -2.00. The Bertz CT molecular complexity index is 972. The Morgan fingerprint density at radius 1 is 1.00 bits per heavy atom. The van der Waals surface area contributed by atoms with Crippen molar-refractivity contribution in [3.63, 3.8) is 0 Å². The lowest BCUT2D eigenvalue weighted by molar-refractivity contribution is 0.627. The minimum atomic E-state index is -0.213. The maximum atomic E-state index is 13.0. The third-order valence-corrected chi connectivity index (χ3v) is 4.87. The predicted molar refractivity (Wildman–Crippen MR) is 90.1 cm³/mol. The molecule has 4 nitrogen and oxygen atoms in total. The number of nitrogens with zero attached hydrogens (tertiary/aromatic N) is 4. The average Bonchev–Trinajstić information content (AvgIpc) is 3.12. The second-order valence-electron chi connectivity index (χ2n) is 5.27. The molecule has 0 saturated heterocycles. The summed E-state index contributed by atoms with van der Waals surface area (Å²) in [6.45, 7) is 2.95. The first-order chi connectivity index (χ1) is 11.3. The van der Waals surface area contributed by atoms with Crippen LogP contribution in [0.2, 0.25) is 0 Å². The number of imidazole rings is 1. The van der Waals surface area contributed by atoms with E-state index < -0.39 is 0 Å². The van der Waals surface area contributed by atoms with Gasteiger partial charge in [-0.2, -0.15) is 0 Å². The van der Waals surface area contributed by atoms with Gasteiger partial charge in [-0.25, -0.2) is 4.39 Å². The zero-order valence-corrected chi connectivity index (χ0v) is 13.4. The van der Waals surface area contributed by atoms with E-state index in [9.17, 15) is 4.39 Å². The Kier molecular flexibility index (Phi) is 3.53. The van der Waals surface area contributed by atoms with Crippen LogP contribution in [-0.2, 0) is 12.3 Å². The van der Waals surface area contributed by atoms with E-state index in [-0.39, 0.29) is 5.82 Å². The number of aromatic nitrogens is 4. The Labute approximate surface area is 136 Å². The monoisotopic (exact) mass is 326 g/mol. The number of benzene rings is 2. The highest BCUT2D eigenvalue weighted by Gasteiger charge is 2.15. The highest BCUT2D eigenvalue weighted by atomic mass is 32.2. The van der Waals surface area contributed by atoms with Crippen LogP contribution in [0, 0.1) is 5.82 Å². The van der Waals surface area contributed by atoms with Crippen molar-refractivity contribution < 1.29 is 4.39 Å². The average molecular weight is 326 g/mol. The van der Waals surface area contributed by atoms with Crippen molar-refractivity contribution >= 4 is 28.6 Å². The Morgan fingerprint density at radius 2 is 1.74 bits per heavy atom. The summed E-state index contributed by atoms with van der Waals surface area (Å²) in [7, 11) is 0. The molecule has 2 aromatic carbocycles. The molecule has 4 aromatic rings. The van der Waals surface area contributed by atoms with Crippen molar-refractivity contribution in [3.05, 3.63) is 59.9 Å². The zero-order chi connectivity index (χ0) is 15.8. The van der Waals surface area contributed by atoms with E-state index >= 15 is 0 Å². The quantitative estimate of drug-likeness (QED) is 0.529. The van der Waals surface area contributed by atoms with Crippen molar-refractivity contribution in [2.45, 2.75) is 24.4 Å². The smallest absolute Gasteiger partial charge is 0.237 e. The molecule has 0 bridgehead atoms. The fraction of sp³-hybridized carbons (Fsp3) is 0.176. The van der Waals surface area contributed by atoms with Crippen LogP contribution >= 0.6 is 11.8 Å². The molecule has 6 heteroatoms. The molecule has 0 unspecified atom stereocenters. The maximum Gasteiger partial charge on any atom is 0.237 e. The molecule has 0 saturated carbocycles. The van der Waals surface area contributed by atoms with Gasteiger partial charge in [0, 0.05) is 12.3 Å². The second kappa shape index (κ2) is 5.70. The second-order valence-corrected chi connectivity index (χ2v) is 6.21. The Morgan fingerprint density at radius 3 is 2.48 bits per heavy atom. The number of hydrogen-bond donors (Lipinski definition) is 0. The molecule has 0 amide bonds. The minimum Gasteiger partial charge on any atom is -0.309 e. The molecule has 0 aliphatic rings. The molecular formula is C17H15FN4S. The molecule has 116 valence electrons. The van der Waals surface area contributed by atoms with E-state index in [1.807, 2.05) is 12.1 Å². The van der Waals surface area contributed by atoms with Crippen LogP contribution in [0.5, 0.6) is 0 Å². The first kappa shape index (κ1) is 14.3. The van der Waals surface area contributed by atoms with Crippen LogP contribution in [-0.4, -0.2) is 19.2 Å². The molecule has 0 radical (unpaired) electrons. The summed E-state index contributed by atoms with van der Waals surface area (Å²) in [5.74, 6) is 1.37. The fourth-order valence-electron chi connectivity index (χ4n) is 2.77. The SMILES string of the molecule is CCn1c2ccccc2n2c(SCc3ccc(F)cc3)nnc12. The van der Waals surface area contributed by atoms with E-state index in [2.05, 4.69) is 38.2 Å². The van der Waals surface area contributed by atoms with Gasteiger partial charge in [0.2, 0.25) is 5.78 Å². The van der Waals surface area contributed by atoms with Gasteiger partial charge in [0.1, 0.15) is 5.82 Å². The summed E-state index contributed by atoms with van der Waals surface area (Å²) >= 11 is 1.61. The van der Waals surface area contributed by atoms with E-state index in [4.69, 9.17) is 0 Å². The van der Waals surface area contributed by atoms with E-state index in [0.717, 1.165) is 39.8 Å². The van der Waals surface area contributed by atoms with Gasteiger partial charge in [-0.05, 0) is 36.8 Å². The molecule has 0 aliphatic carbocycles. The third-order valence-electron chi connectivity index (χ3n) is 3.87. The molecule has 2 heterocycles. The van der Waals surface area contributed by atoms with E-state index in [1.165, 1.54) is 12.1 Å². The number of thioether (sulfide) groups is 1. The summed E-state index contributed by atoms with van der Waals surface area (Å²) in [6.07, 6.45) is 0. The summed E-state index contributed by atoms with van der Waals surface area (Å²) in [5.41, 5.74) is 3.33. The first-order valence-corrected chi connectivity index (χ1v) is 8.46. The molecule has 0 spiro atoms. The van der Waals surface area contributed by atoms with Gasteiger partial charge in [-0.15, -0.1) is 10.2 Å². The molecule has 4 rings (SSSR count). The van der Waals surface area contributed by atoms with Gasteiger partial charge in [0.15, 0.2) is 5.16 Å². The summed E-state index contributed by atoms with van der Waals surface area (Å²) in [6, 6.07) is 14.8. The topological polar surface area (TPSA) is 35.1 Å². The van der Waals surface area contributed by atoms with Crippen LogP contribution in [0.4, 0.5) is 4.39 Å². The predicted octanol–water partition coefficient (Wildman–Crippen LogP) is 4.14. The molecule has 0 fully saturated rings. The summed E-state index contributed by atoms with van der Waals surface area (Å²) in [4.78, 5) is 0. The van der Waals surface area contributed by atoms with Crippen LogP contribution < -0.4 is 0 Å². The summed E-state index contributed by atoms with van der Waals surface area (Å²) in [5, 5.41) is 9.53. The third kappa shape index (κ3) is 2.39. The number of hydrogen-bond acceptors (Lipinski definition) is 3. The van der Waals surface area contributed by atoms with Crippen molar-refractivity contribution in [1.29, 1.82) is 0 Å². The molecular weight excluding hydrogens is 311 g/mol. The van der Waals surface area contributed by atoms with Crippen LogP contribution in [0.25, 0.3) is 16.8 Å². The van der Waals surface area contributed by atoms with Crippen LogP contribution in [0.15, 0.2) is 53.7 Å². The highest BCUT2D eigenvalue weighted by Crippen LogP contribution is 2.27. The van der Waals surface area contributed by atoms with Gasteiger partial charge in [-0.1, -0.05) is 36.0 Å². The number of fused-ring (bicyclic) bond motifs is 3. The number of halogens is 1. The summed E-state index contributed by atoms with van der Waals surface area (Å²) < 4.78 is 17.2. The van der Waals surface area contributed by atoms with Gasteiger partial charge < -0.3 is 4.57 Å². The van der Waals surface area contributed by atoms with Crippen LogP contribution in [0.3, 0.4) is 0 Å². The van der Waals surface area contributed by atoms with E-state index in [0.29, 0.717) is 0 Å². The fourth-order valence-corrected chi connectivity index (χ4v) is 3.67. The first-order valence-electron chi connectivity index (χ1n) is 7.47. The number of rotatable bonds is 4. The van der Waals surface area contributed by atoms with E-state index in [1.54, 1.807) is 23.9 Å². The maximum absolute atomic E-state index is 13.0. The normalized spacial score (nSPS) is 11.6. The van der Waals surface area contributed by atoms with Crippen molar-refractivity contribution in [3.8, 4) is 0 Å². The Balaban J connectivity index is 1.74. The number of aryl methyl sites for hydroxylation is 1. The lowest BCUT2D eigenvalue weighted by atomic mass is 10.2. The molecule has 0 aliphatic heterocycles. The molecule has 2 aromatic heterocycles. The van der Waals surface area contributed by atoms with Crippen LogP contribution in [0.1, 0.15) is 12.5 Å². The van der Waals surface area contributed by atoms with Crippen molar-refractivity contribution in [2.24, 2.45) is 0 Å². The van der Waals surface area contributed by atoms with Gasteiger partial charge >= 0.3 is 0 Å². The van der Waals surface area contributed by atoms with Crippen molar-refractivity contribution in [2.75, 3.05) is 0 Å². The lowest BCUT2D eigenvalue weighted by Crippen LogP contribution is -1.94. The Hall–Kier alpha value is -2.34. The minimum absolute atomic E-state index is 0.213.